The molecular weight excluding hydrogens is 657 g/mol. The van der Waals surface area contributed by atoms with Gasteiger partial charge in [-0.1, -0.05) is 99.5 Å². The topological polar surface area (TPSA) is 104 Å². The number of terminal acetylenes is 1. The largest absolute Gasteiger partial charge is 0.497 e. The maximum absolute atomic E-state index is 16.7. The third kappa shape index (κ3) is 5.94. The molecule has 9 nitrogen and oxygen atoms in total. The lowest BCUT2D eigenvalue weighted by Crippen LogP contribution is -2.54. The first-order chi connectivity index (χ1) is 23.8. The van der Waals surface area contributed by atoms with Gasteiger partial charge in [-0.15, -0.1) is 6.42 Å². The molecule has 50 heavy (non-hydrogen) atoms. The molecule has 1 aliphatic rings. The third-order valence-electron chi connectivity index (χ3n) is 9.97. The van der Waals surface area contributed by atoms with E-state index in [1.54, 1.807) is 7.11 Å². The molecule has 5 aromatic rings. The van der Waals surface area contributed by atoms with Gasteiger partial charge in [0.15, 0.2) is 43.3 Å². The van der Waals surface area contributed by atoms with E-state index in [1.807, 2.05) is 119 Å². The molecule has 2 N–H and O–H groups in total. The van der Waals surface area contributed by atoms with Crippen molar-refractivity contribution < 1.29 is 27.8 Å². The van der Waals surface area contributed by atoms with Gasteiger partial charge in [0, 0.05) is 0 Å². The van der Waals surface area contributed by atoms with Crippen LogP contribution in [-0.2, 0) is 14.7 Å². The number of aromatic nitrogens is 4. The van der Waals surface area contributed by atoms with E-state index in [1.165, 1.54) is 10.9 Å². The second-order valence-corrected chi connectivity index (χ2v) is 18.7. The summed E-state index contributed by atoms with van der Waals surface area (Å²) >= 11 is 0. The van der Waals surface area contributed by atoms with Crippen molar-refractivity contribution in [2.75, 3.05) is 19.0 Å². The molecule has 0 amide bonds. The van der Waals surface area contributed by atoms with Crippen molar-refractivity contribution in [3.8, 4) is 18.1 Å². The van der Waals surface area contributed by atoms with Crippen LogP contribution in [0.5, 0.6) is 5.75 Å². The van der Waals surface area contributed by atoms with Gasteiger partial charge in [0.25, 0.3) is 0 Å². The number of methoxy groups -OCH3 is 1. The average molecular weight is 698 g/mol. The molecule has 4 atom stereocenters. The van der Waals surface area contributed by atoms with Crippen LogP contribution < -0.4 is 10.1 Å². The molecule has 0 unspecified atom stereocenters. The van der Waals surface area contributed by atoms with Crippen molar-refractivity contribution >= 4 is 25.3 Å². The summed E-state index contributed by atoms with van der Waals surface area (Å²) in [6, 6.07) is 26.9. The van der Waals surface area contributed by atoms with Crippen LogP contribution in [0, 0.1) is 18.4 Å². The summed E-state index contributed by atoms with van der Waals surface area (Å²) in [5, 5.41) is 13.7. The molecule has 260 valence electrons. The molecule has 6 rings (SSSR count). The van der Waals surface area contributed by atoms with Gasteiger partial charge in [0.1, 0.15) is 17.4 Å². The molecule has 1 saturated heterocycles. The lowest BCUT2D eigenvalue weighted by atomic mass is 9.77. The summed E-state index contributed by atoms with van der Waals surface area (Å²) in [7, 11) is -1.01. The lowest BCUT2D eigenvalue weighted by molar-refractivity contribution is -0.0878. The number of hydrogen-bond acceptors (Lipinski definition) is 8. The van der Waals surface area contributed by atoms with E-state index in [0.29, 0.717) is 5.75 Å². The number of aliphatic hydroxyl groups is 1. The zero-order valence-electron chi connectivity index (χ0n) is 28.9. The van der Waals surface area contributed by atoms with Crippen LogP contribution in [-0.4, -0.2) is 64.5 Å². The SMILES string of the molecule is C#C[C@]1(CO)O[C@@H](n2cnc3c(NC(c4ccccc4)(c4ccccc4)c4ccc(OC)cc4)nc(F)nc32)[C@@H](F)[C@@H]1O[Si](C)(C)C(C)(C)C. The maximum Gasteiger partial charge on any atom is 0.312 e. The van der Waals surface area contributed by atoms with Crippen molar-refractivity contribution in [1.82, 2.24) is 19.5 Å². The summed E-state index contributed by atoms with van der Waals surface area (Å²) < 4.78 is 51.6. The predicted octanol–water partition coefficient (Wildman–Crippen LogP) is 7.00. The molecule has 1 fully saturated rings. The van der Waals surface area contributed by atoms with Crippen LogP contribution in [0.1, 0.15) is 43.7 Å². The molecule has 2 aromatic heterocycles. The average Bonchev–Trinajstić information content (AvgIpc) is 3.65. The van der Waals surface area contributed by atoms with Crippen molar-refractivity contribution in [1.29, 1.82) is 0 Å². The second kappa shape index (κ2) is 13.2. The van der Waals surface area contributed by atoms with Gasteiger partial charge in [-0.3, -0.25) is 4.57 Å². The van der Waals surface area contributed by atoms with Crippen molar-refractivity contribution in [2.24, 2.45) is 0 Å². The number of alkyl halides is 1. The highest BCUT2D eigenvalue weighted by Crippen LogP contribution is 2.47. The first kappa shape index (κ1) is 35.2. The fourth-order valence-corrected chi connectivity index (χ4v) is 7.49. The van der Waals surface area contributed by atoms with E-state index in [-0.39, 0.29) is 22.0 Å². The van der Waals surface area contributed by atoms with Crippen LogP contribution in [0.25, 0.3) is 11.2 Å². The number of imidazole rings is 1. The smallest absolute Gasteiger partial charge is 0.312 e. The Morgan fingerprint density at radius 3 is 2.08 bits per heavy atom. The predicted molar refractivity (Wildman–Crippen MR) is 190 cm³/mol. The Morgan fingerprint density at radius 1 is 0.980 bits per heavy atom. The molecule has 0 saturated carbocycles. The van der Waals surface area contributed by atoms with Gasteiger partial charge in [-0.2, -0.15) is 14.4 Å². The van der Waals surface area contributed by atoms with Crippen molar-refractivity contribution in [3.05, 3.63) is 114 Å². The molecule has 0 spiro atoms. The molecule has 12 heteroatoms. The number of rotatable bonds is 10. The molecule has 3 heterocycles. The van der Waals surface area contributed by atoms with Crippen LogP contribution in [0.4, 0.5) is 14.6 Å². The highest BCUT2D eigenvalue weighted by atomic mass is 28.4. The van der Waals surface area contributed by atoms with Gasteiger partial charge in [-0.05, 0) is 47.0 Å². The standard InChI is InChI=1S/C38H41F2N5O4Si/c1-8-37(23-46)31(49-50(6,7)36(2,3)4)29(39)34(48-37)45-24-41-30-32(42-35(40)43-33(30)45)44-38(25-15-11-9-12-16-25,26-17-13-10-14-18-26)27-19-21-28(47-5)22-20-27/h1,9-22,24,29,31,34,46H,23H2,2-7H3,(H,42,43,44)/t29-,31-,34+,37+/m0/s1. The van der Waals surface area contributed by atoms with Crippen LogP contribution in [0.15, 0.2) is 91.3 Å². The van der Waals surface area contributed by atoms with E-state index in [4.69, 9.17) is 20.3 Å². The number of ether oxygens (including phenoxy) is 2. The van der Waals surface area contributed by atoms with E-state index in [0.717, 1.165) is 16.7 Å². The van der Waals surface area contributed by atoms with Crippen LogP contribution >= 0.6 is 0 Å². The van der Waals surface area contributed by atoms with Gasteiger partial charge in [-0.25, -0.2) is 9.37 Å². The fourth-order valence-electron chi connectivity index (χ4n) is 6.18. The minimum atomic E-state index is -2.60. The van der Waals surface area contributed by atoms with E-state index in [9.17, 15) is 5.11 Å². The second-order valence-electron chi connectivity index (χ2n) is 13.9. The van der Waals surface area contributed by atoms with Crippen LogP contribution in [0.2, 0.25) is 18.1 Å². The maximum atomic E-state index is 16.7. The lowest BCUT2D eigenvalue weighted by Gasteiger charge is -2.41. The van der Waals surface area contributed by atoms with Gasteiger partial charge >= 0.3 is 6.08 Å². The fraction of sp³-hybridized carbons (Fsp3) is 0.342. The highest BCUT2D eigenvalue weighted by molar-refractivity contribution is 6.74. The number of aliphatic hydroxyl groups excluding tert-OH is 1. The summed E-state index contributed by atoms with van der Waals surface area (Å²) in [5.41, 5.74) is -0.317. The van der Waals surface area contributed by atoms with Crippen molar-refractivity contribution in [3.63, 3.8) is 0 Å². The summed E-state index contributed by atoms with van der Waals surface area (Å²) in [6.45, 7) is 9.29. The summed E-state index contributed by atoms with van der Waals surface area (Å²) in [4.78, 5) is 12.8. The quantitative estimate of drug-likeness (QED) is 0.0697. The van der Waals surface area contributed by atoms with E-state index < -0.39 is 50.6 Å². The van der Waals surface area contributed by atoms with Crippen molar-refractivity contribution in [2.45, 2.75) is 68.5 Å². The molecule has 0 radical (unpaired) electrons. The third-order valence-corrected chi connectivity index (χ3v) is 14.4. The Labute approximate surface area is 291 Å². The number of hydrogen-bond donors (Lipinski definition) is 2. The number of fused-ring (bicyclic) bond motifs is 1. The Balaban J connectivity index is 1.50. The summed E-state index contributed by atoms with van der Waals surface area (Å²) in [5.74, 6) is 3.18. The van der Waals surface area contributed by atoms with Crippen LogP contribution in [0.3, 0.4) is 0 Å². The molecular formula is C38H41F2N5O4Si. The molecule has 0 bridgehead atoms. The Hall–Kier alpha value is -4.67. The number of halogens is 2. The van der Waals surface area contributed by atoms with E-state index in [2.05, 4.69) is 26.2 Å². The first-order valence-electron chi connectivity index (χ1n) is 16.3. The van der Waals surface area contributed by atoms with Gasteiger partial charge in [0.05, 0.1) is 20.0 Å². The minimum Gasteiger partial charge on any atom is -0.497 e. The molecule has 3 aromatic carbocycles. The monoisotopic (exact) mass is 697 g/mol. The Bertz CT molecular complexity index is 1960. The van der Waals surface area contributed by atoms with Gasteiger partial charge in [0.2, 0.25) is 0 Å². The molecule has 0 aliphatic carbocycles. The number of nitrogens with zero attached hydrogens (tertiary/aromatic N) is 4. The number of benzene rings is 3. The summed E-state index contributed by atoms with van der Waals surface area (Å²) in [6.07, 6.45) is 1.55. The van der Waals surface area contributed by atoms with E-state index >= 15 is 8.78 Å². The Morgan fingerprint density at radius 2 is 1.56 bits per heavy atom. The highest BCUT2D eigenvalue weighted by Gasteiger charge is 2.59. The first-order valence-corrected chi connectivity index (χ1v) is 19.2. The zero-order chi connectivity index (χ0) is 35.9. The zero-order valence-corrected chi connectivity index (χ0v) is 29.9. The number of anilines is 1. The van der Waals surface area contributed by atoms with Gasteiger partial charge < -0.3 is 24.3 Å². The number of nitrogens with one attached hydrogen (secondary N) is 1. The molecule has 1 aliphatic heterocycles. The minimum absolute atomic E-state index is 0.0331. The normalized spacial score (nSPS) is 21.2. The Kier molecular flexibility index (Phi) is 9.30.